The monoisotopic (exact) mass is 352 g/mol. The van der Waals surface area contributed by atoms with Crippen molar-refractivity contribution in [1.29, 1.82) is 0 Å². The Bertz CT molecular complexity index is 660. The lowest BCUT2D eigenvalue weighted by Crippen LogP contribution is -2.35. The van der Waals surface area contributed by atoms with Gasteiger partial charge in [0, 0.05) is 19.3 Å². The minimum atomic E-state index is -0.271. The molecule has 0 aliphatic rings. The van der Waals surface area contributed by atoms with Crippen LogP contribution in [0.4, 0.5) is 11.5 Å². The summed E-state index contributed by atoms with van der Waals surface area (Å²) in [6.07, 6.45) is 3.05. The third-order valence-electron chi connectivity index (χ3n) is 3.60. The van der Waals surface area contributed by atoms with Crippen molar-refractivity contribution in [2.75, 3.05) is 35.9 Å². The number of halogens is 1. The van der Waals surface area contributed by atoms with Crippen molar-refractivity contribution in [3.8, 4) is 5.88 Å². The maximum Gasteiger partial charge on any atom is 0.243 e. The normalized spacial score (nSPS) is 10.5. The van der Waals surface area contributed by atoms with Gasteiger partial charge >= 0.3 is 0 Å². The third-order valence-corrected chi connectivity index (χ3v) is 3.83. The summed E-state index contributed by atoms with van der Waals surface area (Å²) in [5.74, 6) is 0.520. The highest BCUT2D eigenvalue weighted by molar-refractivity contribution is 6.29. The Labute approximate surface area is 145 Å². The lowest BCUT2D eigenvalue weighted by Gasteiger charge is -2.29. The van der Waals surface area contributed by atoms with Crippen molar-refractivity contribution in [2.24, 2.45) is 0 Å². The first kappa shape index (κ1) is 18.0. The maximum atomic E-state index is 12.5. The van der Waals surface area contributed by atoms with E-state index < -0.39 is 0 Å². The second-order valence-electron chi connectivity index (χ2n) is 4.92. The van der Waals surface area contributed by atoms with Crippen LogP contribution in [0.3, 0.4) is 0 Å². The molecule has 0 aliphatic carbocycles. The Hall–Kier alpha value is -2.35. The first-order valence-corrected chi connectivity index (χ1v) is 8.18. The van der Waals surface area contributed by atoms with Gasteiger partial charge in [-0.3, -0.25) is 14.8 Å². The van der Waals surface area contributed by atoms with Gasteiger partial charge < -0.3 is 9.64 Å². The van der Waals surface area contributed by atoms with Gasteiger partial charge in [-0.05, 0) is 19.9 Å². The number of nitrogens with one attached hydrogen (secondary N) is 1. The predicted molar refractivity (Wildman–Crippen MR) is 92.6 cm³/mol. The van der Waals surface area contributed by atoms with E-state index in [1.54, 1.807) is 12.3 Å². The molecule has 9 heteroatoms. The molecular weight excluding hydrogens is 332 g/mol. The average Bonchev–Trinajstić information content (AvgIpc) is 3.13. The molecule has 24 heavy (non-hydrogen) atoms. The zero-order valence-corrected chi connectivity index (χ0v) is 14.7. The van der Waals surface area contributed by atoms with Gasteiger partial charge in [0.2, 0.25) is 11.8 Å². The van der Waals surface area contributed by atoms with Crippen molar-refractivity contribution in [3.05, 3.63) is 24.3 Å². The van der Waals surface area contributed by atoms with Gasteiger partial charge in [0.1, 0.15) is 12.2 Å². The van der Waals surface area contributed by atoms with Gasteiger partial charge in [0.25, 0.3) is 0 Å². The molecule has 0 spiro atoms. The topological polar surface area (TPSA) is 87.2 Å². The molecule has 0 aromatic carbocycles. The van der Waals surface area contributed by atoms with Crippen LogP contribution in [0.15, 0.2) is 18.6 Å². The molecule has 2 aromatic rings. The minimum absolute atomic E-state index is 0.163. The van der Waals surface area contributed by atoms with E-state index in [9.17, 15) is 4.79 Å². The number of aromatic nitrogens is 4. The standard InChI is InChI=1S/C15H21ClN6O2/c1-4-21(5-2)14-13(15(24-3)18-10-17-14)22(12(23)8-16)9-11-6-7-19-20-11/h6-7,10H,4-5,8-9H2,1-3H3,(H,19,20). The Morgan fingerprint density at radius 2 is 2.08 bits per heavy atom. The Morgan fingerprint density at radius 3 is 2.62 bits per heavy atom. The third kappa shape index (κ3) is 3.76. The average molecular weight is 353 g/mol. The molecule has 0 atom stereocenters. The first-order valence-electron chi connectivity index (χ1n) is 7.64. The molecule has 0 fully saturated rings. The summed E-state index contributed by atoms with van der Waals surface area (Å²) in [7, 11) is 1.51. The highest BCUT2D eigenvalue weighted by Crippen LogP contribution is 2.35. The smallest absolute Gasteiger partial charge is 0.243 e. The van der Waals surface area contributed by atoms with E-state index in [1.165, 1.54) is 18.3 Å². The number of aromatic amines is 1. The SMILES string of the molecule is CCN(CC)c1ncnc(OC)c1N(Cc1ccn[nH]1)C(=O)CCl. The number of H-pyrrole nitrogens is 1. The summed E-state index contributed by atoms with van der Waals surface area (Å²) in [4.78, 5) is 24.6. The summed E-state index contributed by atoms with van der Waals surface area (Å²) in [5, 5.41) is 6.77. The molecule has 2 aromatic heterocycles. The number of ether oxygens (including phenoxy) is 1. The van der Waals surface area contributed by atoms with Crippen LogP contribution in [0.5, 0.6) is 5.88 Å². The number of alkyl halides is 1. The highest BCUT2D eigenvalue weighted by atomic mass is 35.5. The minimum Gasteiger partial charge on any atom is -0.479 e. The van der Waals surface area contributed by atoms with Crippen LogP contribution in [-0.4, -0.2) is 52.2 Å². The molecule has 0 aliphatic heterocycles. The van der Waals surface area contributed by atoms with Gasteiger partial charge in [-0.2, -0.15) is 10.1 Å². The fourth-order valence-electron chi connectivity index (χ4n) is 2.40. The molecule has 130 valence electrons. The van der Waals surface area contributed by atoms with E-state index in [2.05, 4.69) is 20.2 Å². The number of amides is 1. The maximum absolute atomic E-state index is 12.5. The molecule has 2 rings (SSSR count). The summed E-state index contributed by atoms with van der Waals surface area (Å²) in [6.45, 7) is 5.77. The van der Waals surface area contributed by atoms with Gasteiger partial charge in [0.15, 0.2) is 11.5 Å². The fourth-order valence-corrected chi connectivity index (χ4v) is 2.55. The number of carbonyl (C=O) groups excluding carboxylic acids is 1. The predicted octanol–water partition coefficient (Wildman–Crippen LogP) is 1.83. The van der Waals surface area contributed by atoms with Crippen molar-refractivity contribution < 1.29 is 9.53 Å². The van der Waals surface area contributed by atoms with Gasteiger partial charge in [-0.25, -0.2) is 4.98 Å². The molecule has 8 nitrogen and oxygen atoms in total. The quantitative estimate of drug-likeness (QED) is 0.729. The van der Waals surface area contributed by atoms with E-state index in [1.807, 2.05) is 18.7 Å². The zero-order chi connectivity index (χ0) is 17.5. The molecule has 1 N–H and O–H groups in total. The number of rotatable bonds is 8. The van der Waals surface area contributed by atoms with Gasteiger partial charge in [0.05, 0.1) is 19.3 Å². The van der Waals surface area contributed by atoms with Gasteiger partial charge in [-0.15, -0.1) is 11.6 Å². The van der Waals surface area contributed by atoms with Crippen molar-refractivity contribution in [2.45, 2.75) is 20.4 Å². The van der Waals surface area contributed by atoms with Crippen molar-refractivity contribution in [1.82, 2.24) is 20.2 Å². The summed E-state index contributed by atoms with van der Waals surface area (Å²) >= 11 is 5.82. The highest BCUT2D eigenvalue weighted by Gasteiger charge is 2.27. The largest absolute Gasteiger partial charge is 0.479 e. The second kappa shape index (κ2) is 8.49. The van der Waals surface area contributed by atoms with Crippen LogP contribution in [0.1, 0.15) is 19.5 Å². The lowest BCUT2D eigenvalue weighted by atomic mass is 10.3. The lowest BCUT2D eigenvalue weighted by molar-refractivity contribution is -0.116. The van der Waals surface area contributed by atoms with Crippen LogP contribution >= 0.6 is 11.6 Å². The van der Waals surface area contributed by atoms with Crippen molar-refractivity contribution in [3.63, 3.8) is 0 Å². The molecule has 2 heterocycles. The molecular formula is C15H21ClN6O2. The van der Waals surface area contributed by atoms with E-state index in [4.69, 9.17) is 16.3 Å². The molecule has 1 amide bonds. The molecule has 0 radical (unpaired) electrons. The number of methoxy groups -OCH3 is 1. The molecule has 0 saturated carbocycles. The van der Waals surface area contributed by atoms with Crippen molar-refractivity contribution >= 4 is 29.0 Å². The van der Waals surface area contributed by atoms with Crippen LogP contribution in [-0.2, 0) is 11.3 Å². The van der Waals surface area contributed by atoms with E-state index in [0.717, 1.165) is 18.8 Å². The number of anilines is 2. The molecule has 0 unspecified atom stereocenters. The first-order chi connectivity index (χ1) is 11.7. The second-order valence-corrected chi connectivity index (χ2v) is 5.19. The number of nitrogens with zero attached hydrogens (tertiary/aromatic N) is 5. The van der Waals surface area contributed by atoms with Crippen LogP contribution in [0.2, 0.25) is 0 Å². The summed E-state index contributed by atoms with van der Waals surface area (Å²) in [6, 6.07) is 1.79. The fraction of sp³-hybridized carbons (Fsp3) is 0.467. The van der Waals surface area contributed by atoms with Crippen LogP contribution < -0.4 is 14.5 Å². The molecule has 0 bridgehead atoms. The number of hydrogen-bond donors (Lipinski definition) is 1. The van der Waals surface area contributed by atoms with E-state index in [-0.39, 0.29) is 18.3 Å². The summed E-state index contributed by atoms with van der Waals surface area (Å²) in [5.41, 5.74) is 1.27. The Morgan fingerprint density at radius 1 is 1.33 bits per heavy atom. The van der Waals surface area contributed by atoms with E-state index >= 15 is 0 Å². The molecule has 0 saturated heterocycles. The number of hydrogen-bond acceptors (Lipinski definition) is 6. The van der Waals surface area contributed by atoms with E-state index in [0.29, 0.717) is 17.4 Å². The number of carbonyl (C=O) groups is 1. The van der Waals surface area contributed by atoms with Gasteiger partial charge in [-0.1, -0.05) is 0 Å². The Balaban J connectivity index is 2.56. The van der Waals surface area contributed by atoms with Crippen LogP contribution in [0.25, 0.3) is 0 Å². The summed E-state index contributed by atoms with van der Waals surface area (Å²) < 4.78 is 5.38. The van der Waals surface area contributed by atoms with Crippen LogP contribution in [0, 0.1) is 0 Å². The Kier molecular flexibility index (Phi) is 6.36. The zero-order valence-electron chi connectivity index (χ0n) is 14.0.